The molecule has 1 aliphatic rings. The molecule has 0 fully saturated rings. The molecule has 128 valence electrons. The first kappa shape index (κ1) is 17.5. The van der Waals surface area contributed by atoms with Gasteiger partial charge in [0.05, 0.1) is 4.88 Å². The van der Waals surface area contributed by atoms with Gasteiger partial charge in [0.25, 0.3) is 0 Å². The zero-order chi connectivity index (χ0) is 18.0. The molecule has 0 amide bonds. The fourth-order valence-corrected chi connectivity index (χ4v) is 3.79. The molecule has 0 atom stereocenters. The molecule has 0 aliphatic carbocycles. The Bertz CT molecular complexity index is 986. The second-order valence-corrected chi connectivity index (χ2v) is 7.50. The molecule has 3 nitrogen and oxygen atoms in total. The molecule has 2 heterocycles. The number of fused-ring (bicyclic) bond motifs is 1. The highest BCUT2D eigenvalue weighted by atomic mass is 32.1. The van der Waals surface area contributed by atoms with Crippen LogP contribution >= 0.6 is 23.6 Å². The van der Waals surface area contributed by atoms with E-state index < -0.39 is 0 Å². The van der Waals surface area contributed by atoms with Gasteiger partial charge in [0.2, 0.25) is 5.88 Å². The number of aromatic hydroxyl groups is 1. The summed E-state index contributed by atoms with van der Waals surface area (Å²) in [6.07, 6.45) is 10.9. The maximum Gasteiger partial charge on any atom is 0.210 e. The zero-order valence-electron chi connectivity index (χ0n) is 14.5. The molecule has 25 heavy (non-hydrogen) atoms. The summed E-state index contributed by atoms with van der Waals surface area (Å²) in [6.45, 7) is 2.17. The number of likely N-dealkylation sites (N-methyl/N-ethyl adjacent to an activating group) is 1. The first-order chi connectivity index (χ1) is 12.0. The molecule has 0 saturated carbocycles. The van der Waals surface area contributed by atoms with E-state index in [9.17, 15) is 5.11 Å². The molecule has 1 N–H and O–H groups in total. The molecule has 3 rings (SSSR count). The maximum atomic E-state index is 9.95. The fraction of sp³-hybridized carbons (Fsp3) is 0.200. The van der Waals surface area contributed by atoms with E-state index in [2.05, 4.69) is 55.0 Å². The van der Waals surface area contributed by atoms with Gasteiger partial charge in [0.15, 0.2) is 3.95 Å². The highest BCUT2D eigenvalue weighted by Crippen LogP contribution is 2.30. The average Bonchev–Trinajstić information content (AvgIpc) is 2.87. The summed E-state index contributed by atoms with van der Waals surface area (Å²) in [5.74, 6) is 0.180. The van der Waals surface area contributed by atoms with Crippen LogP contribution in [0.25, 0.3) is 12.2 Å². The number of nitrogens with zero attached hydrogens (tertiary/aromatic N) is 2. The fourth-order valence-electron chi connectivity index (χ4n) is 2.67. The summed E-state index contributed by atoms with van der Waals surface area (Å²) in [4.78, 5) is 2.88. The van der Waals surface area contributed by atoms with Crippen LogP contribution in [0, 0.1) is 3.95 Å². The van der Waals surface area contributed by atoms with Crippen LogP contribution in [-0.4, -0.2) is 16.7 Å². The van der Waals surface area contributed by atoms with E-state index >= 15 is 0 Å². The Balaban J connectivity index is 1.84. The molecule has 0 spiro atoms. The van der Waals surface area contributed by atoms with Crippen LogP contribution in [0.5, 0.6) is 5.88 Å². The van der Waals surface area contributed by atoms with E-state index in [1.165, 1.54) is 28.2 Å². The van der Waals surface area contributed by atoms with Crippen LogP contribution in [0.2, 0.25) is 0 Å². The van der Waals surface area contributed by atoms with E-state index in [0.717, 1.165) is 12.1 Å². The van der Waals surface area contributed by atoms with Gasteiger partial charge in [-0.25, -0.2) is 0 Å². The summed E-state index contributed by atoms with van der Waals surface area (Å²) in [7, 11) is 3.81. The number of hydrogen-bond donors (Lipinski definition) is 1. The molecular formula is C20H20N2OS2. The third kappa shape index (κ3) is 3.54. The topological polar surface area (TPSA) is 28.4 Å². The van der Waals surface area contributed by atoms with Crippen molar-refractivity contribution in [2.24, 2.45) is 7.05 Å². The molecule has 0 unspecified atom stereocenters. The monoisotopic (exact) mass is 368 g/mol. The standard InChI is InChI=1S/C20H20N2OS2/c1-4-14-9-12-17-15(13-14)10-11-16(21(17)2)7-5-6-8-18-19(23)22(3)20(24)25-18/h5,7-13,23H,4H2,1-3H3. The average molecular weight is 369 g/mol. The number of thiazole rings is 1. The lowest BCUT2D eigenvalue weighted by atomic mass is 10.0. The third-order valence-electron chi connectivity index (χ3n) is 4.26. The number of aryl methyl sites for hydroxylation is 1. The van der Waals surface area contributed by atoms with Crippen LogP contribution in [0.4, 0.5) is 5.69 Å². The van der Waals surface area contributed by atoms with Crippen LogP contribution in [0.3, 0.4) is 0 Å². The van der Waals surface area contributed by atoms with Crippen molar-refractivity contribution >= 4 is 41.4 Å². The lowest BCUT2D eigenvalue weighted by Crippen LogP contribution is -2.18. The van der Waals surface area contributed by atoms with E-state index in [1.54, 1.807) is 17.7 Å². The quantitative estimate of drug-likeness (QED) is 0.589. The third-order valence-corrected chi connectivity index (χ3v) is 5.75. The van der Waals surface area contributed by atoms with E-state index in [1.807, 2.05) is 12.2 Å². The largest absolute Gasteiger partial charge is 0.493 e. The lowest BCUT2D eigenvalue weighted by molar-refractivity contribution is 0.430. The van der Waals surface area contributed by atoms with Crippen LogP contribution in [0.15, 0.2) is 47.9 Å². The van der Waals surface area contributed by atoms with Crippen molar-refractivity contribution in [2.75, 3.05) is 11.9 Å². The summed E-state index contributed by atoms with van der Waals surface area (Å²) in [5.41, 5.74) is 7.97. The van der Waals surface area contributed by atoms with Crippen molar-refractivity contribution in [1.29, 1.82) is 0 Å². The Hall–Kier alpha value is -2.33. The number of rotatable bonds is 3. The molecule has 0 bridgehead atoms. The van der Waals surface area contributed by atoms with Crippen LogP contribution in [-0.2, 0) is 13.5 Å². The second kappa shape index (κ2) is 7.28. The molecular weight excluding hydrogens is 348 g/mol. The molecule has 0 saturated heterocycles. The SMILES string of the molecule is CCc1ccc2c(c1)C=CC(=CC=C=Cc1sc(=S)n(C)c1O)N2C. The smallest absolute Gasteiger partial charge is 0.210 e. The number of allylic oxidation sites excluding steroid dienone is 3. The summed E-state index contributed by atoms with van der Waals surface area (Å²) < 4.78 is 2.23. The van der Waals surface area contributed by atoms with Gasteiger partial charge in [0, 0.05) is 31.6 Å². The number of anilines is 1. The predicted molar refractivity (Wildman–Crippen MR) is 110 cm³/mol. The van der Waals surface area contributed by atoms with E-state index in [0.29, 0.717) is 8.83 Å². The van der Waals surface area contributed by atoms with Crippen molar-refractivity contribution in [3.8, 4) is 5.88 Å². The van der Waals surface area contributed by atoms with Gasteiger partial charge in [0.1, 0.15) is 0 Å². The minimum absolute atomic E-state index is 0.180. The Morgan fingerprint density at radius 3 is 2.76 bits per heavy atom. The number of aromatic nitrogens is 1. The lowest BCUT2D eigenvalue weighted by Gasteiger charge is -2.26. The van der Waals surface area contributed by atoms with Gasteiger partial charge in [-0.3, -0.25) is 4.57 Å². The summed E-state index contributed by atoms with van der Waals surface area (Å²) >= 11 is 6.52. The minimum atomic E-state index is 0.180. The highest BCUT2D eigenvalue weighted by molar-refractivity contribution is 7.73. The molecule has 1 aromatic heterocycles. The Kier molecular flexibility index (Phi) is 5.09. The number of hydrogen-bond acceptors (Lipinski definition) is 4. The Morgan fingerprint density at radius 1 is 1.28 bits per heavy atom. The highest BCUT2D eigenvalue weighted by Gasteiger charge is 2.13. The van der Waals surface area contributed by atoms with Gasteiger partial charge in [-0.05, 0) is 60.1 Å². The van der Waals surface area contributed by atoms with Gasteiger partial charge in [-0.2, -0.15) is 0 Å². The Morgan fingerprint density at radius 2 is 2.08 bits per heavy atom. The molecule has 1 aliphatic heterocycles. The zero-order valence-corrected chi connectivity index (χ0v) is 16.1. The van der Waals surface area contributed by atoms with E-state index in [-0.39, 0.29) is 5.88 Å². The normalized spacial score (nSPS) is 14.4. The van der Waals surface area contributed by atoms with Crippen molar-refractivity contribution in [2.45, 2.75) is 13.3 Å². The van der Waals surface area contributed by atoms with Gasteiger partial charge < -0.3 is 10.0 Å². The van der Waals surface area contributed by atoms with Gasteiger partial charge >= 0.3 is 0 Å². The maximum absolute atomic E-state index is 9.95. The summed E-state index contributed by atoms with van der Waals surface area (Å²) in [5, 5.41) is 9.95. The van der Waals surface area contributed by atoms with Gasteiger partial charge in [-0.15, -0.1) is 17.1 Å². The van der Waals surface area contributed by atoms with Crippen molar-refractivity contribution < 1.29 is 5.11 Å². The molecule has 2 aromatic rings. The minimum Gasteiger partial charge on any atom is -0.493 e. The predicted octanol–water partition coefficient (Wildman–Crippen LogP) is 5.30. The molecule has 1 aromatic carbocycles. The van der Waals surface area contributed by atoms with Crippen LogP contribution in [0.1, 0.15) is 22.9 Å². The van der Waals surface area contributed by atoms with Gasteiger partial charge in [-0.1, -0.05) is 19.1 Å². The Labute approximate surface area is 157 Å². The van der Waals surface area contributed by atoms with E-state index in [4.69, 9.17) is 12.2 Å². The number of benzene rings is 1. The first-order valence-corrected chi connectivity index (χ1v) is 9.30. The molecule has 0 radical (unpaired) electrons. The van der Waals surface area contributed by atoms with Crippen molar-refractivity contribution in [1.82, 2.24) is 4.57 Å². The van der Waals surface area contributed by atoms with Crippen molar-refractivity contribution in [3.63, 3.8) is 0 Å². The molecule has 5 heteroatoms. The van der Waals surface area contributed by atoms with Crippen molar-refractivity contribution in [3.05, 3.63) is 67.8 Å². The van der Waals surface area contributed by atoms with Crippen LogP contribution < -0.4 is 4.90 Å². The second-order valence-electron chi connectivity index (χ2n) is 5.82. The summed E-state index contributed by atoms with van der Waals surface area (Å²) in [6, 6.07) is 6.58. The first-order valence-electron chi connectivity index (χ1n) is 8.07.